The van der Waals surface area contributed by atoms with Gasteiger partial charge in [0.1, 0.15) is 0 Å². The third kappa shape index (κ3) is 7.14. The molecule has 0 aliphatic carbocycles. The molecular weight excluding hydrogens is 396 g/mol. The summed E-state index contributed by atoms with van der Waals surface area (Å²) in [6.45, 7) is 10.2. The molecule has 3 N–H and O–H groups in total. The van der Waals surface area contributed by atoms with Crippen LogP contribution in [-0.4, -0.2) is 71.9 Å². The average Bonchev–Trinajstić information content (AvgIpc) is 3.31. The second-order valence-corrected chi connectivity index (χ2v) is 9.49. The van der Waals surface area contributed by atoms with Crippen molar-refractivity contribution in [3.05, 3.63) is 35.4 Å². The van der Waals surface area contributed by atoms with E-state index < -0.39 is 0 Å². The number of nitrogens with two attached hydrogens (primary N) is 1. The Morgan fingerprint density at radius 1 is 1.00 bits per heavy atom. The van der Waals surface area contributed by atoms with Crippen LogP contribution in [0.3, 0.4) is 0 Å². The van der Waals surface area contributed by atoms with Gasteiger partial charge >= 0.3 is 0 Å². The molecule has 6 heteroatoms. The van der Waals surface area contributed by atoms with E-state index in [1.54, 1.807) is 0 Å². The number of rotatable bonds is 14. The minimum Gasteiger partial charge on any atom is -0.370 e. The van der Waals surface area contributed by atoms with Gasteiger partial charge in [-0.05, 0) is 44.6 Å². The Morgan fingerprint density at radius 2 is 1.75 bits per heavy atom. The van der Waals surface area contributed by atoms with Gasteiger partial charge in [-0.25, -0.2) is 0 Å². The molecule has 0 bridgehead atoms. The van der Waals surface area contributed by atoms with Gasteiger partial charge in [-0.2, -0.15) is 0 Å². The maximum Gasteiger partial charge on any atom is 0.193 e. The van der Waals surface area contributed by atoms with Crippen molar-refractivity contribution < 1.29 is 0 Å². The summed E-state index contributed by atoms with van der Waals surface area (Å²) < 4.78 is 0. The van der Waals surface area contributed by atoms with Crippen molar-refractivity contribution >= 4 is 11.9 Å². The Morgan fingerprint density at radius 3 is 2.53 bits per heavy atom. The van der Waals surface area contributed by atoms with Crippen LogP contribution in [0.15, 0.2) is 29.3 Å². The SMILES string of the molecule is CCCCCCCN1C(N)=NC[C@@H]1CCCCN1CCN(CCc2cccc(C)c2)C1=N. The molecule has 0 aromatic heterocycles. The first-order valence-electron chi connectivity index (χ1n) is 12.8. The summed E-state index contributed by atoms with van der Waals surface area (Å²) >= 11 is 0. The summed E-state index contributed by atoms with van der Waals surface area (Å²) in [5.74, 6) is 1.45. The fourth-order valence-electron chi connectivity index (χ4n) is 4.91. The van der Waals surface area contributed by atoms with Crippen molar-refractivity contribution in [2.24, 2.45) is 10.7 Å². The van der Waals surface area contributed by atoms with E-state index in [0.29, 0.717) is 12.0 Å². The smallest absolute Gasteiger partial charge is 0.193 e. The highest BCUT2D eigenvalue weighted by Crippen LogP contribution is 2.18. The zero-order valence-electron chi connectivity index (χ0n) is 20.4. The summed E-state index contributed by atoms with van der Waals surface area (Å²) in [6.07, 6.45) is 10.9. The molecule has 0 radical (unpaired) electrons. The second kappa shape index (κ2) is 12.7. The standard InChI is InChI=1S/C26H44N6/c1-3-4-5-6-8-16-32-24(21-29-25(32)27)13-7-9-15-30-18-19-31(26(30)28)17-14-23-12-10-11-22(2)20-23/h10-12,20,24,28H,3-9,13-19,21H2,1-2H3,(H2,27,29)/t24-/m0/s1. The second-order valence-electron chi connectivity index (χ2n) is 9.49. The Kier molecular flexibility index (Phi) is 9.69. The van der Waals surface area contributed by atoms with Crippen LogP contribution in [0.1, 0.15) is 69.4 Å². The number of unbranched alkanes of at least 4 members (excludes halogenated alkanes) is 5. The average molecular weight is 441 g/mol. The predicted octanol–water partition coefficient (Wildman–Crippen LogP) is 4.23. The van der Waals surface area contributed by atoms with E-state index in [1.807, 2.05) is 0 Å². The van der Waals surface area contributed by atoms with Gasteiger partial charge in [0.25, 0.3) is 0 Å². The number of hydrogen-bond acceptors (Lipinski definition) is 4. The van der Waals surface area contributed by atoms with Gasteiger partial charge in [0.2, 0.25) is 0 Å². The van der Waals surface area contributed by atoms with Gasteiger partial charge in [-0.3, -0.25) is 10.4 Å². The molecule has 6 nitrogen and oxygen atoms in total. The minimum absolute atomic E-state index is 0.477. The molecule has 32 heavy (non-hydrogen) atoms. The van der Waals surface area contributed by atoms with Gasteiger partial charge in [-0.1, -0.05) is 62.4 Å². The third-order valence-electron chi connectivity index (χ3n) is 6.91. The van der Waals surface area contributed by atoms with E-state index in [2.05, 4.69) is 57.8 Å². The molecule has 2 heterocycles. The highest BCUT2D eigenvalue weighted by atomic mass is 15.4. The van der Waals surface area contributed by atoms with Crippen LogP contribution >= 0.6 is 0 Å². The molecule has 1 saturated heterocycles. The van der Waals surface area contributed by atoms with Gasteiger partial charge in [0, 0.05) is 32.7 Å². The summed E-state index contributed by atoms with van der Waals surface area (Å²) in [6, 6.07) is 9.19. The van der Waals surface area contributed by atoms with Crippen LogP contribution in [0.25, 0.3) is 0 Å². The van der Waals surface area contributed by atoms with Crippen LogP contribution in [0, 0.1) is 12.3 Å². The summed E-state index contributed by atoms with van der Waals surface area (Å²) in [4.78, 5) is 11.3. The molecule has 3 rings (SSSR count). The number of nitrogens with zero attached hydrogens (tertiary/aromatic N) is 4. The summed E-state index contributed by atoms with van der Waals surface area (Å²) in [7, 11) is 0. The molecule has 2 aliphatic heterocycles. The first kappa shape index (κ1) is 24.4. The molecule has 0 saturated carbocycles. The first-order valence-corrected chi connectivity index (χ1v) is 12.8. The molecule has 0 amide bonds. The Bertz CT molecular complexity index is 746. The highest BCUT2D eigenvalue weighted by Gasteiger charge is 2.26. The van der Waals surface area contributed by atoms with Gasteiger partial charge in [-0.15, -0.1) is 0 Å². The normalized spacial score (nSPS) is 18.7. The van der Waals surface area contributed by atoms with Gasteiger partial charge in [0.15, 0.2) is 11.9 Å². The molecule has 1 aromatic carbocycles. The van der Waals surface area contributed by atoms with E-state index in [1.165, 1.54) is 49.7 Å². The van der Waals surface area contributed by atoms with E-state index >= 15 is 0 Å². The molecule has 0 unspecified atom stereocenters. The fourth-order valence-corrected chi connectivity index (χ4v) is 4.91. The fraction of sp³-hybridized carbons (Fsp3) is 0.692. The Hall–Kier alpha value is -2.24. The molecule has 1 fully saturated rings. The van der Waals surface area contributed by atoms with Crippen LogP contribution < -0.4 is 5.73 Å². The minimum atomic E-state index is 0.477. The number of aliphatic imine (C=N–C) groups is 1. The number of benzene rings is 1. The van der Waals surface area contributed by atoms with E-state index in [0.717, 1.165) is 64.5 Å². The van der Waals surface area contributed by atoms with Crippen LogP contribution in [0.5, 0.6) is 0 Å². The summed E-state index contributed by atoms with van der Waals surface area (Å²) in [5, 5.41) is 8.56. The van der Waals surface area contributed by atoms with Crippen molar-refractivity contribution in [2.45, 2.75) is 77.7 Å². The third-order valence-corrected chi connectivity index (χ3v) is 6.91. The Balaban J connectivity index is 1.31. The van der Waals surface area contributed by atoms with Crippen LogP contribution in [-0.2, 0) is 6.42 Å². The lowest BCUT2D eigenvalue weighted by Gasteiger charge is -2.27. The number of aryl methyl sites for hydroxylation is 1. The molecule has 0 spiro atoms. The van der Waals surface area contributed by atoms with Crippen molar-refractivity contribution in [1.82, 2.24) is 14.7 Å². The van der Waals surface area contributed by atoms with E-state index in [-0.39, 0.29) is 0 Å². The van der Waals surface area contributed by atoms with Crippen molar-refractivity contribution in [2.75, 3.05) is 39.3 Å². The Labute approximate surface area is 195 Å². The van der Waals surface area contributed by atoms with Crippen LogP contribution in [0.4, 0.5) is 0 Å². The van der Waals surface area contributed by atoms with Crippen molar-refractivity contribution in [3.8, 4) is 0 Å². The van der Waals surface area contributed by atoms with Gasteiger partial charge in [0.05, 0.1) is 12.6 Å². The maximum atomic E-state index is 8.56. The first-order chi connectivity index (χ1) is 15.6. The van der Waals surface area contributed by atoms with E-state index in [9.17, 15) is 0 Å². The topological polar surface area (TPSA) is 72.0 Å². The molecule has 1 aromatic rings. The molecule has 2 aliphatic rings. The van der Waals surface area contributed by atoms with Gasteiger partial charge < -0.3 is 20.4 Å². The monoisotopic (exact) mass is 440 g/mol. The molecular formula is C26H44N6. The zero-order chi connectivity index (χ0) is 22.8. The maximum absolute atomic E-state index is 8.56. The largest absolute Gasteiger partial charge is 0.370 e. The van der Waals surface area contributed by atoms with Crippen LogP contribution in [0.2, 0.25) is 0 Å². The summed E-state index contributed by atoms with van der Waals surface area (Å²) in [5.41, 5.74) is 8.84. The lowest BCUT2D eigenvalue weighted by atomic mass is 10.1. The highest BCUT2D eigenvalue weighted by molar-refractivity contribution is 5.80. The lowest BCUT2D eigenvalue weighted by Crippen LogP contribution is -2.41. The molecule has 1 atom stereocenters. The number of guanidine groups is 2. The van der Waals surface area contributed by atoms with E-state index in [4.69, 9.17) is 11.1 Å². The number of hydrogen-bond donors (Lipinski definition) is 2. The number of nitrogens with one attached hydrogen (secondary N) is 1. The predicted molar refractivity (Wildman–Crippen MR) is 135 cm³/mol. The lowest BCUT2D eigenvalue weighted by molar-refractivity contribution is 0.304. The molecule has 178 valence electrons. The van der Waals surface area contributed by atoms with Crippen molar-refractivity contribution in [3.63, 3.8) is 0 Å². The van der Waals surface area contributed by atoms with Crippen molar-refractivity contribution in [1.29, 1.82) is 5.41 Å². The quantitative estimate of drug-likeness (QED) is 0.425. The zero-order valence-corrected chi connectivity index (χ0v) is 20.4.